The minimum Gasteiger partial charge on any atom is -0.454 e. The van der Waals surface area contributed by atoms with Crippen molar-refractivity contribution in [3.8, 4) is 11.5 Å². The molecular weight excluding hydrogens is 356 g/mol. The van der Waals surface area contributed by atoms with E-state index in [1.807, 2.05) is 6.07 Å². The third-order valence-electron chi connectivity index (χ3n) is 3.80. The standard InChI is InChI=1S/C18H18N2O5S/c1-20(26(2,22)23)15-5-3-4-14(11-15)19-18(21)9-7-13-6-8-16-17(10-13)25-12-24-16/h3-11H,12H2,1-2H3,(H,19,21). The summed E-state index contributed by atoms with van der Waals surface area (Å²) in [7, 11) is -1.91. The molecule has 1 aliphatic rings. The first-order chi connectivity index (χ1) is 12.3. The number of anilines is 2. The van der Waals surface area contributed by atoms with Crippen molar-refractivity contribution >= 4 is 33.4 Å². The van der Waals surface area contributed by atoms with Gasteiger partial charge < -0.3 is 14.8 Å². The Labute approximate surface area is 151 Å². The van der Waals surface area contributed by atoms with Crippen molar-refractivity contribution in [3.63, 3.8) is 0 Å². The molecule has 0 aromatic heterocycles. The highest BCUT2D eigenvalue weighted by Crippen LogP contribution is 2.32. The van der Waals surface area contributed by atoms with Gasteiger partial charge >= 0.3 is 0 Å². The molecule has 0 bridgehead atoms. The number of sulfonamides is 1. The minimum atomic E-state index is -3.37. The highest BCUT2D eigenvalue weighted by Gasteiger charge is 2.13. The number of carbonyl (C=O) groups excluding carboxylic acids is 1. The van der Waals surface area contributed by atoms with E-state index in [-0.39, 0.29) is 12.7 Å². The maximum Gasteiger partial charge on any atom is 0.248 e. The summed E-state index contributed by atoms with van der Waals surface area (Å²) in [5.41, 5.74) is 1.76. The van der Waals surface area contributed by atoms with Gasteiger partial charge in [-0.3, -0.25) is 9.10 Å². The summed E-state index contributed by atoms with van der Waals surface area (Å²) >= 11 is 0. The zero-order valence-corrected chi connectivity index (χ0v) is 15.1. The van der Waals surface area contributed by atoms with Crippen molar-refractivity contribution in [2.24, 2.45) is 0 Å². The Hall–Kier alpha value is -3.00. The molecule has 1 amide bonds. The first-order valence-corrected chi connectivity index (χ1v) is 9.60. The first-order valence-electron chi connectivity index (χ1n) is 7.75. The summed E-state index contributed by atoms with van der Waals surface area (Å²) in [5.74, 6) is 0.990. The Morgan fingerprint density at radius 3 is 2.69 bits per heavy atom. The molecule has 136 valence electrons. The molecule has 0 saturated carbocycles. The number of hydrogen-bond donors (Lipinski definition) is 1. The Morgan fingerprint density at radius 1 is 1.15 bits per heavy atom. The van der Waals surface area contributed by atoms with E-state index in [0.717, 1.165) is 16.1 Å². The maximum atomic E-state index is 12.1. The zero-order chi connectivity index (χ0) is 18.7. The van der Waals surface area contributed by atoms with Crippen molar-refractivity contribution < 1.29 is 22.7 Å². The summed E-state index contributed by atoms with van der Waals surface area (Å²) in [6.45, 7) is 0.196. The Bertz CT molecular complexity index is 969. The third-order valence-corrected chi connectivity index (χ3v) is 5.00. The number of fused-ring (bicyclic) bond motifs is 1. The van der Waals surface area contributed by atoms with Crippen LogP contribution in [0.15, 0.2) is 48.5 Å². The van der Waals surface area contributed by atoms with E-state index in [1.165, 1.54) is 13.1 Å². The van der Waals surface area contributed by atoms with Gasteiger partial charge in [0.25, 0.3) is 0 Å². The fraction of sp³-hybridized carbons (Fsp3) is 0.167. The van der Waals surface area contributed by atoms with Crippen molar-refractivity contribution in [1.29, 1.82) is 0 Å². The van der Waals surface area contributed by atoms with Crippen LogP contribution in [0.1, 0.15) is 5.56 Å². The molecular formula is C18H18N2O5S. The molecule has 1 aliphatic heterocycles. The molecule has 0 aliphatic carbocycles. The lowest BCUT2D eigenvalue weighted by molar-refractivity contribution is -0.111. The summed E-state index contributed by atoms with van der Waals surface area (Å²) < 4.78 is 34.9. The number of benzene rings is 2. The molecule has 2 aromatic rings. The van der Waals surface area contributed by atoms with Gasteiger partial charge in [0.2, 0.25) is 22.7 Å². The Kier molecular flexibility index (Phi) is 4.85. The van der Waals surface area contributed by atoms with Crippen LogP contribution in [0.5, 0.6) is 11.5 Å². The fourth-order valence-corrected chi connectivity index (χ4v) is 2.84. The second-order valence-corrected chi connectivity index (χ2v) is 7.73. The predicted molar refractivity (Wildman–Crippen MR) is 99.9 cm³/mol. The average molecular weight is 374 g/mol. The molecule has 0 atom stereocenters. The zero-order valence-electron chi connectivity index (χ0n) is 14.3. The normalized spacial score (nSPS) is 13.0. The van der Waals surface area contributed by atoms with Crippen LogP contribution in [0.2, 0.25) is 0 Å². The van der Waals surface area contributed by atoms with Gasteiger partial charge in [0.15, 0.2) is 11.5 Å². The number of amides is 1. The number of hydrogen-bond acceptors (Lipinski definition) is 5. The third kappa shape index (κ3) is 4.15. The summed E-state index contributed by atoms with van der Waals surface area (Å²) in [5, 5.41) is 2.71. The molecule has 0 spiro atoms. The molecule has 2 aromatic carbocycles. The molecule has 0 fully saturated rings. The van der Waals surface area contributed by atoms with E-state index in [4.69, 9.17) is 9.47 Å². The number of nitrogens with zero attached hydrogens (tertiary/aromatic N) is 1. The quantitative estimate of drug-likeness (QED) is 0.813. The lowest BCUT2D eigenvalue weighted by Gasteiger charge is -2.17. The molecule has 7 nitrogen and oxygen atoms in total. The smallest absolute Gasteiger partial charge is 0.248 e. The van der Waals surface area contributed by atoms with Crippen molar-refractivity contribution in [1.82, 2.24) is 0 Å². The molecule has 26 heavy (non-hydrogen) atoms. The van der Waals surface area contributed by atoms with E-state index in [9.17, 15) is 13.2 Å². The average Bonchev–Trinajstić information content (AvgIpc) is 3.06. The van der Waals surface area contributed by atoms with Crippen LogP contribution < -0.4 is 19.1 Å². The first kappa shape index (κ1) is 17.8. The summed E-state index contributed by atoms with van der Waals surface area (Å²) in [6.07, 6.45) is 4.17. The Morgan fingerprint density at radius 2 is 1.92 bits per heavy atom. The van der Waals surface area contributed by atoms with E-state index >= 15 is 0 Å². The van der Waals surface area contributed by atoms with Crippen LogP contribution in [0.3, 0.4) is 0 Å². The van der Waals surface area contributed by atoms with E-state index in [1.54, 1.807) is 42.5 Å². The van der Waals surface area contributed by atoms with E-state index in [0.29, 0.717) is 22.9 Å². The second kappa shape index (κ2) is 7.09. The molecule has 0 radical (unpaired) electrons. The van der Waals surface area contributed by atoms with E-state index < -0.39 is 10.0 Å². The maximum absolute atomic E-state index is 12.1. The number of carbonyl (C=O) groups is 1. The highest BCUT2D eigenvalue weighted by molar-refractivity contribution is 7.92. The van der Waals surface area contributed by atoms with Gasteiger partial charge in [-0.05, 0) is 42.0 Å². The van der Waals surface area contributed by atoms with Crippen LogP contribution in [0, 0.1) is 0 Å². The van der Waals surface area contributed by atoms with Crippen molar-refractivity contribution in [2.75, 3.05) is 29.7 Å². The molecule has 1 heterocycles. The predicted octanol–water partition coefficient (Wildman–Crippen LogP) is 2.46. The minimum absolute atomic E-state index is 0.196. The van der Waals surface area contributed by atoms with Crippen molar-refractivity contribution in [2.45, 2.75) is 0 Å². The molecule has 1 N–H and O–H groups in total. The van der Waals surface area contributed by atoms with Gasteiger partial charge in [-0.25, -0.2) is 8.42 Å². The topological polar surface area (TPSA) is 84.9 Å². The van der Waals surface area contributed by atoms with Gasteiger partial charge in [-0.2, -0.15) is 0 Å². The largest absolute Gasteiger partial charge is 0.454 e. The van der Waals surface area contributed by atoms with Gasteiger partial charge in [-0.1, -0.05) is 12.1 Å². The lowest BCUT2D eigenvalue weighted by atomic mass is 10.2. The van der Waals surface area contributed by atoms with Gasteiger partial charge in [-0.15, -0.1) is 0 Å². The van der Waals surface area contributed by atoms with Crippen LogP contribution >= 0.6 is 0 Å². The monoisotopic (exact) mass is 374 g/mol. The SMILES string of the molecule is CN(c1cccc(NC(=O)C=Cc2ccc3c(c2)OCO3)c1)S(C)(=O)=O. The van der Waals surface area contributed by atoms with Crippen LogP contribution in [-0.2, 0) is 14.8 Å². The molecule has 0 saturated heterocycles. The second-order valence-electron chi connectivity index (χ2n) is 5.72. The van der Waals surface area contributed by atoms with E-state index in [2.05, 4.69) is 5.32 Å². The summed E-state index contributed by atoms with van der Waals surface area (Å²) in [4.78, 5) is 12.1. The molecule has 8 heteroatoms. The van der Waals surface area contributed by atoms with Crippen LogP contribution in [0.4, 0.5) is 11.4 Å². The van der Waals surface area contributed by atoms with Crippen LogP contribution in [-0.4, -0.2) is 34.4 Å². The van der Waals surface area contributed by atoms with Gasteiger partial charge in [0.1, 0.15) is 0 Å². The lowest BCUT2D eigenvalue weighted by Crippen LogP contribution is -2.24. The van der Waals surface area contributed by atoms with Gasteiger partial charge in [0, 0.05) is 18.8 Å². The fourth-order valence-electron chi connectivity index (χ4n) is 2.34. The number of ether oxygens (including phenoxy) is 2. The van der Waals surface area contributed by atoms with Crippen molar-refractivity contribution in [3.05, 3.63) is 54.1 Å². The summed E-state index contributed by atoms with van der Waals surface area (Å²) in [6, 6.07) is 12.0. The molecule has 3 rings (SSSR count). The Balaban J connectivity index is 1.68. The molecule has 0 unspecified atom stereocenters. The number of rotatable bonds is 5. The van der Waals surface area contributed by atoms with Gasteiger partial charge in [0.05, 0.1) is 11.9 Å². The highest BCUT2D eigenvalue weighted by atomic mass is 32.2. The number of nitrogens with one attached hydrogen (secondary N) is 1. The van der Waals surface area contributed by atoms with Crippen LogP contribution in [0.25, 0.3) is 6.08 Å².